The topological polar surface area (TPSA) is 221 Å². The van der Waals surface area contributed by atoms with Gasteiger partial charge in [0, 0.05) is 38.1 Å². The van der Waals surface area contributed by atoms with Gasteiger partial charge in [0.1, 0.15) is 22.9 Å². The third kappa shape index (κ3) is 5.75. The van der Waals surface area contributed by atoms with Crippen molar-refractivity contribution in [2.45, 2.75) is 16.6 Å². The normalized spacial score (nSPS) is 19.8. The number of carboxylic acid groups (broad SMARTS) is 1. The number of carbonyl (C=O) groups excluding carboxylic acids is 2. The number of hydrogen-bond acceptors (Lipinski definition) is 14. The second-order valence-corrected chi connectivity index (χ2v) is 12.8. The molecule has 4 N–H and O–H groups in total. The minimum Gasteiger partial charge on any atom is -0.477 e. The van der Waals surface area contributed by atoms with Gasteiger partial charge in [-0.05, 0) is 22.1 Å². The minimum absolute atomic E-state index is 0.0501. The fraction of sp³-hybridized carbons (Fsp3) is 0.389. The Hall–Kier alpha value is -3.50. The van der Waals surface area contributed by atoms with Gasteiger partial charge in [-0.3, -0.25) is 19.1 Å². The van der Waals surface area contributed by atoms with Crippen LogP contribution in [0.4, 0.5) is 5.82 Å². The Labute approximate surface area is 217 Å². The number of anilines is 1. The van der Waals surface area contributed by atoms with Crippen molar-refractivity contribution in [2.75, 3.05) is 30.6 Å². The number of aryl methyl sites for hydroxylation is 1. The molecule has 4 rings (SSSR count). The predicted molar refractivity (Wildman–Crippen MR) is 133 cm³/mol. The summed E-state index contributed by atoms with van der Waals surface area (Å²) in [5.41, 5.74) is 5.61. The van der Waals surface area contributed by atoms with Gasteiger partial charge in [0.25, 0.3) is 19.2 Å². The van der Waals surface area contributed by atoms with Crippen LogP contribution in [0.1, 0.15) is 5.82 Å². The number of oxime groups is 1. The van der Waals surface area contributed by atoms with Crippen LogP contribution in [0.2, 0.25) is 0 Å². The molecular formula is C18H21N10O6PS2. The van der Waals surface area contributed by atoms with E-state index in [4.69, 9.17) is 10.4 Å². The van der Waals surface area contributed by atoms with Gasteiger partial charge in [-0.25, -0.2) is 19.4 Å². The number of amides is 2. The lowest BCUT2D eigenvalue weighted by molar-refractivity contribution is -0.150. The van der Waals surface area contributed by atoms with Crippen LogP contribution in [0.25, 0.3) is 0 Å². The summed E-state index contributed by atoms with van der Waals surface area (Å²) in [7, 11) is -1.47. The minimum atomic E-state index is -3.13. The number of aromatic nitrogens is 6. The highest BCUT2D eigenvalue weighted by atomic mass is 32.2. The molecule has 37 heavy (non-hydrogen) atoms. The van der Waals surface area contributed by atoms with Crippen LogP contribution < -0.4 is 11.1 Å². The first-order chi connectivity index (χ1) is 17.5. The number of carbonyl (C=O) groups is 3. The molecule has 0 bridgehead atoms. The van der Waals surface area contributed by atoms with E-state index in [1.54, 1.807) is 7.05 Å². The summed E-state index contributed by atoms with van der Waals surface area (Å²) in [4.78, 5) is 47.2. The molecule has 0 aromatic carbocycles. The number of fused-ring (bicyclic) bond motifs is 1. The summed E-state index contributed by atoms with van der Waals surface area (Å²) >= 11 is 2.53. The Kier molecular flexibility index (Phi) is 7.52. The van der Waals surface area contributed by atoms with Gasteiger partial charge in [-0.1, -0.05) is 16.9 Å². The van der Waals surface area contributed by atoms with Crippen molar-refractivity contribution in [2.24, 2.45) is 12.2 Å². The molecule has 19 heteroatoms. The summed E-state index contributed by atoms with van der Waals surface area (Å²) in [5.74, 6) is -2.35. The molecule has 16 nitrogen and oxygen atoms in total. The first-order valence-electron chi connectivity index (χ1n) is 10.4. The number of nitrogen functional groups attached to an aromatic ring is 1. The highest BCUT2D eigenvalue weighted by Gasteiger charge is 2.54. The van der Waals surface area contributed by atoms with Crippen molar-refractivity contribution in [1.29, 1.82) is 0 Å². The molecule has 0 saturated carbocycles. The molecule has 2 aromatic rings. The zero-order chi connectivity index (χ0) is 26.9. The zero-order valence-corrected chi connectivity index (χ0v) is 22.2. The van der Waals surface area contributed by atoms with E-state index in [9.17, 15) is 24.1 Å². The van der Waals surface area contributed by atoms with Crippen LogP contribution in [0, 0.1) is 0 Å². The third-order valence-electron chi connectivity index (χ3n) is 4.93. The first kappa shape index (κ1) is 26.6. The Morgan fingerprint density at radius 1 is 1.43 bits per heavy atom. The number of β-lactam (4-membered cyclic amide) rings is 1. The molecule has 2 aliphatic rings. The summed E-state index contributed by atoms with van der Waals surface area (Å²) in [6.07, 6.45) is 1.30. The molecule has 196 valence electrons. The van der Waals surface area contributed by atoms with E-state index < -0.39 is 42.3 Å². The molecule has 1 saturated heterocycles. The van der Waals surface area contributed by atoms with E-state index in [-0.39, 0.29) is 23.1 Å². The van der Waals surface area contributed by atoms with Crippen molar-refractivity contribution in [3.63, 3.8) is 0 Å². The number of thioether (sulfide) groups is 2. The molecule has 2 aliphatic heterocycles. The quantitative estimate of drug-likeness (QED) is 0.113. The molecule has 0 spiro atoms. The van der Waals surface area contributed by atoms with Crippen LogP contribution in [-0.4, -0.2) is 99.9 Å². The lowest BCUT2D eigenvalue weighted by Gasteiger charge is -2.49. The molecule has 2 atom stereocenters. The molecule has 4 heterocycles. The summed E-state index contributed by atoms with van der Waals surface area (Å²) in [6, 6.07) is 0.345. The van der Waals surface area contributed by atoms with E-state index in [2.05, 4.69) is 36.0 Å². The number of tetrazole rings is 1. The Morgan fingerprint density at radius 3 is 2.81 bits per heavy atom. The van der Waals surface area contributed by atoms with Crippen LogP contribution in [-0.2, 0) is 30.6 Å². The number of aliphatic carboxylic acids is 1. The van der Waals surface area contributed by atoms with E-state index in [1.165, 1.54) is 53.8 Å². The average Bonchev–Trinajstić information content (AvgIpc) is 3.24. The van der Waals surface area contributed by atoms with Crippen LogP contribution in [0.15, 0.2) is 33.8 Å². The second-order valence-electron chi connectivity index (χ2n) is 8.07. The molecule has 0 unspecified atom stereocenters. The third-order valence-corrected chi connectivity index (χ3v) is 7.84. The van der Waals surface area contributed by atoms with E-state index in [0.29, 0.717) is 16.5 Å². The largest absolute Gasteiger partial charge is 0.477 e. The van der Waals surface area contributed by atoms with Gasteiger partial charge >= 0.3 is 5.97 Å². The first-order valence-corrected chi connectivity index (χ1v) is 15.0. The molecule has 0 aliphatic carbocycles. The maximum absolute atomic E-state index is 13.1. The van der Waals surface area contributed by atoms with Crippen molar-refractivity contribution in [3.8, 4) is 0 Å². The number of rotatable bonds is 9. The van der Waals surface area contributed by atoms with Crippen molar-refractivity contribution in [3.05, 3.63) is 29.4 Å². The molecule has 0 radical (unpaired) electrons. The average molecular weight is 569 g/mol. The van der Waals surface area contributed by atoms with Gasteiger partial charge in [0.05, 0.1) is 0 Å². The van der Waals surface area contributed by atoms with Gasteiger partial charge in [-0.15, -0.1) is 16.9 Å². The van der Waals surface area contributed by atoms with Gasteiger partial charge < -0.3 is 20.8 Å². The molecule has 2 amide bonds. The predicted octanol–water partition coefficient (Wildman–Crippen LogP) is -0.628. The standard InChI is InChI=1S/C18H21N10O6PS2/c1-27-18(23-25-26-27)37-7-8-6-36-16-11(15(30)28(16)12(8)17(31)32)22-14(29)10(24-34-35(2,3)33)13-20-5-4-9(19)21-13/h4-5,11,16H,6-7H2,1-3H3,(H,22,29)(H,31,32)(H2,19,20,21)/b24-10+/t11-,16-/m1/s1. The van der Waals surface area contributed by atoms with Gasteiger partial charge in [0.15, 0.2) is 5.82 Å². The second kappa shape index (κ2) is 10.5. The monoisotopic (exact) mass is 568 g/mol. The fourth-order valence-corrected chi connectivity index (χ4v) is 5.92. The van der Waals surface area contributed by atoms with Crippen molar-refractivity contribution >= 4 is 60.2 Å². The maximum Gasteiger partial charge on any atom is 0.352 e. The number of carboxylic acids is 1. The number of hydrogen-bond donors (Lipinski definition) is 3. The van der Waals surface area contributed by atoms with Crippen LogP contribution in [0.3, 0.4) is 0 Å². The number of nitrogens with zero attached hydrogens (tertiary/aromatic N) is 8. The molecule has 2 aromatic heterocycles. The van der Waals surface area contributed by atoms with Crippen LogP contribution >= 0.6 is 30.9 Å². The SMILES string of the molecule is Cn1nnnc1SCC1=C(C(=O)O)N2C(=O)[C@@H](NC(=O)/C(=N/OP(C)(C)=O)c3nccc(N)n3)[C@H]2SC1. The summed E-state index contributed by atoms with van der Waals surface area (Å²) in [5, 5.41) is 27.0. The fourth-order valence-electron chi connectivity index (χ4n) is 3.31. The van der Waals surface area contributed by atoms with E-state index in [1.807, 2.05) is 0 Å². The Bertz CT molecular complexity index is 1370. The Morgan fingerprint density at radius 2 is 2.19 bits per heavy atom. The zero-order valence-electron chi connectivity index (χ0n) is 19.6. The lowest BCUT2D eigenvalue weighted by Crippen LogP contribution is -2.71. The van der Waals surface area contributed by atoms with E-state index in [0.717, 1.165) is 4.90 Å². The van der Waals surface area contributed by atoms with Crippen LogP contribution in [0.5, 0.6) is 0 Å². The smallest absolute Gasteiger partial charge is 0.352 e. The molecular weight excluding hydrogens is 547 g/mol. The Balaban J connectivity index is 1.53. The number of nitrogens with one attached hydrogen (secondary N) is 1. The van der Waals surface area contributed by atoms with Gasteiger partial charge in [0.2, 0.25) is 10.9 Å². The highest BCUT2D eigenvalue weighted by Crippen LogP contribution is 2.41. The number of nitrogens with two attached hydrogens (primary N) is 1. The van der Waals surface area contributed by atoms with Crippen molar-refractivity contribution < 1.29 is 28.7 Å². The molecule has 1 fully saturated rings. The van der Waals surface area contributed by atoms with Crippen molar-refractivity contribution in [1.82, 2.24) is 40.4 Å². The van der Waals surface area contributed by atoms with Gasteiger partial charge in [-0.2, -0.15) is 0 Å². The summed E-state index contributed by atoms with van der Waals surface area (Å²) in [6.45, 7) is 2.60. The van der Waals surface area contributed by atoms with E-state index >= 15 is 0 Å². The lowest BCUT2D eigenvalue weighted by atomic mass is 10.0. The summed E-state index contributed by atoms with van der Waals surface area (Å²) < 4.78 is 18.4. The highest BCUT2D eigenvalue weighted by molar-refractivity contribution is 8.01. The maximum atomic E-state index is 13.1.